The Kier molecular flexibility index (Phi) is 3.57. The highest BCUT2D eigenvalue weighted by Crippen LogP contribution is 2.54. The molecule has 0 radical (unpaired) electrons. The van der Waals surface area contributed by atoms with Crippen LogP contribution in [0.4, 0.5) is 0 Å². The van der Waals surface area contributed by atoms with E-state index in [1.54, 1.807) is 0 Å². The van der Waals surface area contributed by atoms with Gasteiger partial charge in [-0.1, -0.05) is 48.0 Å². The van der Waals surface area contributed by atoms with Gasteiger partial charge >= 0.3 is 0 Å². The third-order valence-electron chi connectivity index (χ3n) is 5.00. The standard InChI is InChI=1S/C20H15Br3/c1-10-7-14-18(19-11(10)5-4-6-15(19)21)12-8-16(22)17(23)9-13(12)20(14,2)3/h4-9H,1-3H3. The van der Waals surface area contributed by atoms with E-state index in [-0.39, 0.29) is 5.41 Å². The first-order chi connectivity index (χ1) is 10.8. The normalized spacial score (nSPS) is 14.9. The zero-order chi connectivity index (χ0) is 16.5. The van der Waals surface area contributed by atoms with Crippen molar-refractivity contribution in [2.75, 3.05) is 0 Å². The van der Waals surface area contributed by atoms with Crippen LogP contribution in [0.5, 0.6) is 0 Å². The van der Waals surface area contributed by atoms with Crippen LogP contribution in [0, 0.1) is 6.92 Å². The lowest BCUT2D eigenvalue weighted by molar-refractivity contribution is 0.659. The molecule has 0 N–H and O–H groups in total. The summed E-state index contributed by atoms with van der Waals surface area (Å²) in [6.07, 6.45) is 0. The fourth-order valence-electron chi connectivity index (χ4n) is 3.80. The van der Waals surface area contributed by atoms with E-state index in [0.29, 0.717) is 0 Å². The van der Waals surface area contributed by atoms with Crippen molar-refractivity contribution in [2.24, 2.45) is 0 Å². The summed E-state index contributed by atoms with van der Waals surface area (Å²) in [6, 6.07) is 13.4. The average molecular weight is 495 g/mol. The molecule has 4 rings (SSSR count). The molecule has 0 amide bonds. The van der Waals surface area contributed by atoms with E-state index >= 15 is 0 Å². The molecule has 0 atom stereocenters. The average Bonchev–Trinajstić information content (AvgIpc) is 2.69. The number of aryl methyl sites for hydroxylation is 1. The van der Waals surface area contributed by atoms with Gasteiger partial charge in [0.15, 0.2) is 0 Å². The van der Waals surface area contributed by atoms with Crippen molar-refractivity contribution in [1.82, 2.24) is 0 Å². The van der Waals surface area contributed by atoms with E-state index in [2.05, 4.69) is 105 Å². The maximum absolute atomic E-state index is 3.79. The molecule has 0 saturated heterocycles. The Morgan fingerprint density at radius 3 is 2.26 bits per heavy atom. The molecule has 0 aliphatic heterocycles. The van der Waals surface area contributed by atoms with Crippen LogP contribution in [0.2, 0.25) is 0 Å². The third-order valence-corrected chi connectivity index (χ3v) is 7.50. The molecule has 116 valence electrons. The minimum Gasteiger partial charge on any atom is -0.0605 e. The lowest BCUT2D eigenvalue weighted by atomic mass is 9.81. The molecule has 0 heterocycles. The van der Waals surface area contributed by atoms with Gasteiger partial charge in [0.25, 0.3) is 0 Å². The SMILES string of the molecule is Cc1cc2c(c3c(Br)cccc13)-c1cc(Br)c(Br)cc1C2(C)C. The Morgan fingerprint density at radius 1 is 0.826 bits per heavy atom. The molecule has 0 unspecified atom stereocenters. The Bertz CT molecular complexity index is 984. The number of rotatable bonds is 0. The van der Waals surface area contributed by atoms with Crippen molar-refractivity contribution < 1.29 is 0 Å². The van der Waals surface area contributed by atoms with E-state index in [4.69, 9.17) is 0 Å². The molecule has 0 spiro atoms. The minimum absolute atomic E-state index is 0.00210. The van der Waals surface area contributed by atoms with Crippen LogP contribution in [-0.4, -0.2) is 0 Å². The third kappa shape index (κ3) is 2.13. The summed E-state index contributed by atoms with van der Waals surface area (Å²) in [5.74, 6) is 0. The molecule has 0 bridgehead atoms. The van der Waals surface area contributed by atoms with E-state index < -0.39 is 0 Å². The first-order valence-corrected chi connectivity index (χ1v) is 9.92. The van der Waals surface area contributed by atoms with Gasteiger partial charge in [-0.15, -0.1) is 0 Å². The van der Waals surface area contributed by atoms with Crippen LogP contribution in [0.3, 0.4) is 0 Å². The van der Waals surface area contributed by atoms with Gasteiger partial charge in [-0.25, -0.2) is 0 Å². The molecule has 3 heteroatoms. The summed E-state index contributed by atoms with van der Waals surface area (Å²) in [5.41, 5.74) is 6.82. The number of benzene rings is 3. The Morgan fingerprint density at radius 2 is 1.52 bits per heavy atom. The lowest BCUT2D eigenvalue weighted by Gasteiger charge is -2.22. The van der Waals surface area contributed by atoms with E-state index in [9.17, 15) is 0 Å². The summed E-state index contributed by atoms with van der Waals surface area (Å²) in [4.78, 5) is 0. The maximum Gasteiger partial charge on any atom is 0.0323 e. The van der Waals surface area contributed by atoms with Gasteiger partial charge in [0, 0.05) is 24.2 Å². The lowest BCUT2D eigenvalue weighted by Crippen LogP contribution is -2.15. The number of hydrogen-bond donors (Lipinski definition) is 0. The number of hydrogen-bond acceptors (Lipinski definition) is 0. The molecular formula is C20H15Br3. The van der Waals surface area contributed by atoms with Gasteiger partial charge in [0.05, 0.1) is 0 Å². The van der Waals surface area contributed by atoms with E-state index in [0.717, 1.165) is 13.4 Å². The van der Waals surface area contributed by atoms with Crippen LogP contribution in [0.25, 0.3) is 21.9 Å². The van der Waals surface area contributed by atoms with Gasteiger partial charge < -0.3 is 0 Å². The molecular weight excluding hydrogens is 480 g/mol. The van der Waals surface area contributed by atoms with Crippen molar-refractivity contribution in [1.29, 1.82) is 0 Å². The summed E-state index contributed by atoms with van der Waals surface area (Å²) in [7, 11) is 0. The Hall–Kier alpha value is -0.640. The monoisotopic (exact) mass is 492 g/mol. The van der Waals surface area contributed by atoms with Crippen molar-refractivity contribution in [3.63, 3.8) is 0 Å². The van der Waals surface area contributed by atoms with Crippen LogP contribution in [0.1, 0.15) is 30.5 Å². The highest BCUT2D eigenvalue weighted by molar-refractivity contribution is 9.13. The number of fused-ring (bicyclic) bond motifs is 5. The summed E-state index contributed by atoms with van der Waals surface area (Å²) >= 11 is 11.1. The highest BCUT2D eigenvalue weighted by atomic mass is 79.9. The zero-order valence-corrected chi connectivity index (χ0v) is 17.9. The van der Waals surface area contributed by atoms with Crippen molar-refractivity contribution in [2.45, 2.75) is 26.2 Å². The molecule has 0 aromatic heterocycles. The molecule has 1 aliphatic rings. The second kappa shape index (κ2) is 5.18. The molecule has 23 heavy (non-hydrogen) atoms. The molecule has 3 aromatic rings. The zero-order valence-electron chi connectivity index (χ0n) is 13.1. The smallest absolute Gasteiger partial charge is 0.0323 e. The van der Waals surface area contributed by atoms with Gasteiger partial charge in [0.2, 0.25) is 0 Å². The second-order valence-electron chi connectivity index (χ2n) is 6.72. The summed E-state index contributed by atoms with van der Waals surface area (Å²) in [5, 5.41) is 2.64. The Balaban J connectivity index is 2.26. The Labute approximate surface area is 161 Å². The van der Waals surface area contributed by atoms with Crippen molar-refractivity contribution >= 4 is 58.6 Å². The molecule has 3 aromatic carbocycles. The van der Waals surface area contributed by atoms with Crippen molar-refractivity contribution in [3.05, 3.63) is 66.5 Å². The summed E-state index contributed by atoms with van der Waals surface area (Å²) < 4.78 is 3.37. The number of halogens is 3. The minimum atomic E-state index is 0.00210. The van der Waals surface area contributed by atoms with Crippen molar-refractivity contribution in [3.8, 4) is 11.1 Å². The van der Waals surface area contributed by atoms with Crippen LogP contribution in [0.15, 0.2) is 49.8 Å². The quantitative estimate of drug-likeness (QED) is 0.300. The van der Waals surface area contributed by atoms with Crippen LogP contribution < -0.4 is 0 Å². The van der Waals surface area contributed by atoms with Crippen LogP contribution >= 0.6 is 47.8 Å². The summed E-state index contributed by atoms with van der Waals surface area (Å²) in [6.45, 7) is 6.85. The van der Waals surface area contributed by atoms with Gasteiger partial charge in [0.1, 0.15) is 0 Å². The molecule has 0 nitrogen and oxygen atoms in total. The topological polar surface area (TPSA) is 0 Å². The van der Waals surface area contributed by atoms with Crippen LogP contribution in [-0.2, 0) is 5.41 Å². The predicted octanol–water partition coefficient (Wildman–Crippen LogP) is 7.74. The largest absolute Gasteiger partial charge is 0.0605 e. The van der Waals surface area contributed by atoms with E-state index in [1.807, 2.05) is 0 Å². The highest BCUT2D eigenvalue weighted by Gasteiger charge is 2.37. The predicted molar refractivity (Wildman–Crippen MR) is 109 cm³/mol. The fourth-order valence-corrected chi connectivity index (χ4v) is 5.05. The first-order valence-electron chi connectivity index (χ1n) is 7.54. The maximum atomic E-state index is 3.79. The first kappa shape index (κ1) is 15.9. The molecule has 1 aliphatic carbocycles. The van der Waals surface area contributed by atoms with E-state index in [1.165, 1.54) is 38.6 Å². The van der Waals surface area contributed by atoms with Gasteiger partial charge in [-0.05, 0) is 90.2 Å². The fraction of sp³-hybridized carbons (Fsp3) is 0.200. The molecule has 0 saturated carbocycles. The second-order valence-corrected chi connectivity index (χ2v) is 9.28. The van der Waals surface area contributed by atoms with Gasteiger partial charge in [-0.2, -0.15) is 0 Å². The molecule has 0 fully saturated rings. The van der Waals surface area contributed by atoms with Gasteiger partial charge in [-0.3, -0.25) is 0 Å².